The number of thioether (sulfide) groups is 1. The number of likely N-dealkylation sites (N-methyl/N-ethyl adjacent to an activating group) is 1. The van der Waals surface area contributed by atoms with E-state index < -0.39 is 6.04 Å². The fourth-order valence-electron chi connectivity index (χ4n) is 2.48. The van der Waals surface area contributed by atoms with Gasteiger partial charge < -0.3 is 9.80 Å². The molecule has 0 spiro atoms. The Hall–Kier alpha value is -2.00. The zero-order chi connectivity index (χ0) is 16.1. The van der Waals surface area contributed by atoms with Gasteiger partial charge in [0.05, 0.1) is 17.5 Å². The Morgan fingerprint density at radius 1 is 1.41 bits per heavy atom. The Bertz CT molecular complexity index is 608. The van der Waals surface area contributed by atoms with Crippen LogP contribution in [0.3, 0.4) is 0 Å². The largest absolute Gasteiger partial charge is 0.341 e. The lowest BCUT2D eigenvalue weighted by Crippen LogP contribution is -2.48. The quantitative estimate of drug-likeness (QED) is 0.851. The van der Waals surface area contributed by atoms with Crippen LogP contribution >= 0.6 is 11.8 Å². The van der Waals surface area contributed by atoms with Gasteiger partial charge in [-0.05, 0) is 32.0 Å². The van der Waals surface area contributed by atoms with Crippen LogP contribution in [0, 0.1) is 11.3 Å². The van der Waals surface area contributed by atoms with E-state index in [1.807, 2.05) is 19.9 Å². The minimum Gasteiger partial charge on any atom is -0.341 e. The topological polar surface area (TPSA) is 64.4 Å². The molecule has 1 aromatic rings. The van der Waals surface area contributed by atoms with Gasteiger partial charge in [-0.25, -0.2) is 0 Å². The van der Waals surface area contributed by atoms with Crippen LogP contribution in [0.5, 0.6) is 0 Å². The molecule has 1 saturated heterocycles. The van der Waals surface area contributed by atoms with Gasteiger partial charge in [-0.15, -0.1) is 11.8 Å². The minimum atomic E-state index is -0.414. The molecule has 0 saturated carbocycles. The normalized spacial score (nSPS) is 17.1. The molecule has 0 aromatic heterocycles. The zero-order valence-electron chi connectivity index (χ0n) is 12.8. The molecule has 22 heavy (non-hydrogen) atoms. The maximum absolute atomic E-state index is 12.7. The smallest absolute Gasteiger partial charge is 0.255 e. The minimum absolute atomic E-state index is 0.000196. The number of carbonyl (C=O) groups is 2. The number of benzene rings is 1. The van der Waals surface area contributed by atoms with E-state index in [-0.39, 0.29) is 11.8 Å². The molecular weight excluding hydrogens is 298 g/mol. The Morgan fingerprint density at radius 3 is 2.77 bits per heavy atom. The van der Waals surface area contributed by atoms with Crippen molar-refractivity contribution in [2.75, 3.05) is 24.7 Å². The summed E-state index contributed by atoms with van der Waals surface area (Å²) in [7, 11) is 0. The molecule has 6 heteroatoms. The first-order valence-corrected chi connectivity index (χ1v) is 8.45. The fraction of sp³-hybridized carbons (Fsp3) is 0.438. The standard InChI is InChI=1S/C16H19N3O2S/c1-3-18(4-2)16(21)14-10-22-11-19(14)15(20)13-7-5-6-12(8-13)9-17/h5-8,14H,3-4,10-11H2,1-2H3. The number of amides is 2. The second kappa shape index (κ2) is 7.32. The van der Waals surface area contributed by atoms with E-state index in [9.17, 15) is 9.59 Å². The van der Waals surface area contributed by atoms with E-state index in [1.165, 1.54) is 0 Å². The summed E-state index contributed by atoms with van der Waals surface area (Å²) in [6, 6.07) is 8.23. The first kappa shape index (κ1) is 16.4. The predicted molar refractivity (Wildman–Crippen MR) is 86.4 cm³/mol. The van der Waals surface area contributed by atoms with Crippen LogP contribution in [-0.2, 0) is 4.79 Å². The predicted octanol–water partition coefficient (Wildman–Crippen LogP) is 1.94. The summed E-state index contributed by atoms with van der Waals surface area (Å²) in [6.07, 6.45) is 0. The van der Waals surface area contributed by atoms with Crippen molar-refractivity contribution in [3.8, 4) is 6.07 Å². The van der Waals surface area contributed by atoms with Gasteiger partial charge >= 0.3 is 0 Å². The number of rotatable bonds is 4. The number of carbonyl (C=O) groups excluding carboxylic acids is 2. The van der Waals surface area contributed by atoms with Crippen LogP contribution in [0.15, 0.2) is 24.3 Å². The lowest BCUT2D eigenvalue weighted by atomic mass is 10.1. The first-order chi connectivity index (χ1) is 10.6. The second-order valence-corrected chi connectivity index (χ2v) is 5.99. The molecule has 0 bridgehead atoms. The van der Waals surface area contributed by atoms with Crippen LogP contribution in [0.2, 0.25) is 0 Å². The van der Waals surface area contributed by atoms with E-state index in [1.54, 1.807) is 45.8 Å². The van der Waals surface area contributed by atoms with E-state index in [2.05, 4.69) is 0 Å². The Morgan fingerprint density at radius 2 is 2.14 bits per heavy atom. The van der Waals surface area contributed by atoms with Crippen molar-refractivity contribution in [3.63, 3.8) is 0 Å². The highest BCUT2D eigenvalue weighted by Gasteiger charge is 2.36. The van der Waals surface area contributed by atoms with Crippen molar-refractivity contribution >= 4 is 23.6 Å². The molecule has 1 unspecified atom stereocenters. The van der Waals surface area contributed by atoms with E-state index in [4.69, 9.17) is 5.26 Å². The summed E-state index contributed by atoms with van der Waals surface area (Å²) in [5.74, 6) is 0.944. The maximum Gasteiger partial charge on any atom is 0.255 e. The van der Waals surface area contributed by atoms with Gasteiger partial charge in [0, 0.05) is 24.4 Å². The van der Waals surface area contributed by atoms with Gasteiger partial charge in [-0.3, -0.25) is 9.59 Å². The molecule has 1 aromatic carbocycles. The second-order valence-electron chi connectivity index (χ2n) is 4.99. The van der Waals surface area contributed by atoms with Crippen LogP contribution < -0.4 is 0 Å². The molecule has 0 aliphatic carbocycles. The molecule has 1 heterocycles. The SMILES string of the molecule is CCN(CC)C(=O)C1CSCN1C(=O)c1cccc(C#N)c1. The molecule has 5 nitrogen and oxygen atoms in total. The maximum atomic E-state index is 12.7. The molecule has 1 aliphatic heterocycles. The first-order valence-electron chi connectivity index (χ1n) is 7.30. The van der Waals surface area contributed by atoms with Crippen LogP contribution in [0.25, 0.3) is 0 Å². The fourth-order valence-corrected chi connectivity index (χ4v) is 3.63. The van der Waals surface area contributed by atoms with E-state index in [0.29, 0.717) is 35.8 Å². The van der Waals surface area contributed by atoms with Gasteiger partial charge in [0.25, 0.3) is 5.91 Å². The third-order valence-corrected chi connectivity index (χ3v) is 4.75. The molecule has 2 amide bonds. The lowest BCUT2D eigenvalue weighted by Gasteiger charge is -2.28. The molecule has 1 aliphatic rings. The van der Waals surface area contributed by atoms with Crippen molar-refractivity contribution in [1.29, 1.82) is 5.26 Å². The molecular formula is C16H19N3O2S. The van der Waals surface area contributed by atoms with E-state index >= 15 is 0 Å². The molecule has 0 N–H and O–H groups in total. The summed E-state index contributed by atoms with van der Waals surface area (Å²) < 4.78 is 0. The third-order valence-electron chi connectivity index (χ3n) is 3.74. The molecule has 0 radical (unpaired) electrons. The van der Waals surface area contributed by atoms with Gasteiger partial charge in [-0.1, -0.05) is 6.07 Å². The zero-order valence-corrected chi connectivity index (χ0v) is 13.6. The van der Waals surface area contributed by atoms with Gasteiger partial charge in [0.15, 0.2) is 0 Å². The van der Waals surface area contributed by atoms with Crippen LogP contribution in [0.4, 0.5) is 0 Å². The number of nitriles is 1. The number of nitrogens with zero attached hydrogens (tertiary/aromatic N) is 3. The Balaban J connectivity index is 2.21. The molecule has 116 valence electrons. The summed E-state index contributed by atoms with van der Waals surface area (Å²) in [5, 5.41) is 8.95. The third kappa shape index (κ3) is 3.25. The van der Waals surface area contributed by atoms with Crippen LogP contribution in [0.1, 0.15) is 29.8 Å². The molecule has 2 rings (SSSR count). The summed E-state index contributed by atoms with van der Waals surface area (Å²) in [6.45, 7) is 5.16. The van der Waals surface area contributed by atoms with Gasteiger partial charge in [-0.2, -0.15) is 5.26 Å². The average Bonchev–Trinajstić information content (AvgIpc) is 3.04. The summed E-state index contributed by atoms with van der Waals surface area (Å²) in [5.41, 5.74) is 0.906. The molecule has 1 atom stereocenters. The average molecular weight is 317 g/mol. The highest BCUT2D eigenvalue weighted by molar-refractivity contribution is 7.99. The van der Waals surface area contributed by atoms with E-state index in [0.717, 1.165) is 0 Å². The van der Waals surface area contributed by atoms with Crippen LogP contribution in [-0.4, -0.2) is 52.4 Å². The Labute approximate surface area is 134 Å². The lowest BCUT2D eigenvalue weighted by molar-refractivity contribution is -0.134. The van der Waals surface area contributed by atoms with Crippen molar-refractivity contribution in [3.05, 3.63) is 35.4 Å². The van der Waals surface area contributed by atoms with Gasteiger partial charge in [0.1, 0.15) is 6.04 Å². The van der Waals surface area contributed by atoms with Crippen molar-refractivity contribution in [1.82, 2.24) is 9.80 Å². The highest BCUT2D eigenvalue weighted by Crippen LogP contribution is 2.25. The summed E-state index contributed by atoms with van der Waals surface area (Å²) >= 11 is 1.58. The molecule has 1 fully saturated rings. The number of hydrogen-bond donors (Lipinski definition) is 0. The Kier molecular flexibility index (Phi) is 5.45. The van der Waals surface area contributed by atoms with Crippen molar-refractivity contribution in [2.24, 2.45) is 0 Å². The monoisotopic (exact) mass is 317 g/mol. The van der Waals surface area contributed by atoms with Crippen molar-refractivity contribution < 1.29 is 9.59 Å². The summed E-state index contributed by atoms with van der Waals surface area (Å²) in [4.78, 5) is 28.6. The number of hydrogen-bond acceptors (Lipinski definition) is 4. The highest BCUT2D eigenvalue weighted by atomic mass is 32.2. The van der Waals surface area contributed by atoms with Gasteiger partial charge in [0.2, 0.25) is 5.91 Å². The van der Waals surface area contributed by atoms with Crippen molar-refractivity contribution in [2.45, 2.75) is 19.9 Å².